The molecular weight excluding hydrogens is 574 g/mol. The number of anilines is 1. The van der Waals surface area contributed by atoms with E-state index in [0.29, 0.717) is 17.9 Å². The Labute approximate surface area is 247 Å². The number of nitrogens with one attached hydrogen (secondary N) is 2. The van der Waals surface area contributed by atoms with Gasteiger partial charge in [0.15, 0.2) is 6.61 Å². The zero-order valence-electron chi connectivity index (χ0n) is 22.7. The lowest BCUT2D eigenvalue weighted by Gasteiger charge is -2.23. The molecule has 0 saturated heterocycles. The molecule has 43 heavy (non-hydrogen) atoms. The number of hydrazone groups is 1. The zero-order valence-corrected chi connectivity index (χ0v) is 23.5. The highest BCUT2D eigenvalue weighted by Crippen LogP contribution is 2.26. The van der Waals surface area contributed by atoms with Crippen LogP contribution in [-0.4, -0.2) is 44.5 Å². The molecule has 0 heterocycles. The lowest BCUT2D eigenvalue weighted by molar-refractivity contribution is -0.384. The van der Waals surface area contributed by atoms with Crippen LogP contribution in [0.2, 0.25) is 0 Å². The number of non-ortho nitro benzene ring substituents is 1. The van der Waals surface area contributed by atoms with Crippen LogP contribution in [0.25, 0.3) is 0 Å². The number of sulfonamides is 1. The van der Waals surface area contributed by atoms with Crippen molar-refractivity contribution >= 4 is 39.4 Å². The summed E-state index contributed by atoms with van der Waals surface area (Å²) in [6.45, 7) is -0.455. The van der Waals surface area contributed by atoms with Crippen molar-refractivity contribution in [3.63, 3.8) is 0 Å². The third-order valence-corrected chi connectivity index (χ3v) is 7.72. The third kappa shape index (κ3) is 8.71. The van der Waals surface area contributed by atoms with Crippen molar-refractivity contribution in [1.82, 2.24) is 10.7 Å². The number of nitro benzene ring substituents is 1. The summed E-state index contributed by atoms with van der Waals surface area (Å²) in [6, 6.07) is 28.5. The monoisotopic (exact) mass is 601 g/mol. The Balaban J connectivity index is 1.35. The maximum absolute atomic E-state index is 13.4. The molecule has 0 aliphatic carbocycles. The van der Waals surface area contributed by atoms with E-state index in [2.05, 4.69) is 15.8 Å². The van der Waals surface area contributed by atoms with Crippen molar-refractivity contribution in [3.05, 3.63) is 130 Å². The number of amides is 2. The average molecular weight is 602 g/mol. The first kappa shape index (κ1) is 30.4. The molecule has 4 aromatic rings. The van der Waals surface area contributed by atoms with E-state index in [4.69, 9.17) is 4.74 Å². The van der Waals surface area contributed by atoms with Gasteiger partial charge in [-0.3, -0.25) is 24.0 Å². The molecular formula is C30H27N5O7S. The fourth-order valence-electron chi connectivity index (χ4n) is 3.79. The van der Waals surface area contributed by atoms with E-state index < -0.39 is 27.4 Å². The van der Waals surface area contributed by atoms with Crippen LogP contribution in [-0.2, 0) is 26.2 Å². The van der Waals surface area contributed by atoms with Crippen LogP contribution in [0.1, 0.15) is 11.1 Å². The van der Waals surface area contributed by atoms with Crippen molar-refractivity contribution in [1.29, 1.82) is 0 Å². The molecule has 0 radical (unpaired) electrons. The van der Waals surface area contributed by atoms with Crippen LogP contribution in [0.3, 0.4) is 0 Å². The molecule has 0 unspecified atom stereocenters. The van der Waals surface area contributed by atoms with Gasteiger partial charge in [0, 0.05) is 18.7 Å². The van der Waals surface area contributed by atoms with Gasteiger partial charge in [0.25, 0.3) is 27.5 Å². The van der Waals surface area contributed by atoms with Gasteiger partial charge in [0.05, 0.1) is 21.7 Å². The topological polar surface area (TPSA) is 160 Å². The number of carbonyl (C=O) groups is 2. The smallest absolute Gasteiger partial charge is 0.271 e. The standard InChI is InChI=1S/C30H27N5O7S/c36-29(21-34(25-10-7-11-26(18-25)35(38)39)43(40,41)28-12-5-2-6-13-28)33-32-20-24-14-16-27(17-15-24)42-22-30(37)31-19-23-8-3-1-4-9-23/h1-18,20H,19,21-22H2,(H,31,37)(H,33,36)/b32-20+. The summed E-state index contributed by atoms with van der Waals surface area (Å²) in [7, 11) is -4.25. The van der Waals surface area contributed by atoms with E-state index in [0.717, 1.165) is 15.9 Å². The van der Waals surface area contributed by atoms with Gasteiger partial charge in [-0.15, -0.1) is 0 Å². The molecule has 0 spiro atoms. The molecule has 0 bridgehead atoms. The largest absolute Gasteiger partial charge is 0.484 e. The van der Waals surface area contributed by atoms with Crippen molar-refractivity contribution in [2.75, 3.05) is 17.5 Å². The minimum Gasteiger partial charge on any atom is -0.484 e. The first-order valence-corrected chi connectivity index (χ1v) is 14.3. The number of carbonyl (C=O) groups excluding carboxylic acids is 2. The summed E-state index contributed by atoms with van der Waals surface area (Å²) in [6.07, 6.45) is 1.34. The first-order chi connectivity index (χ1) is 20.7. The SMILES string of the molecule is O=C(COc1ccc(/C=N/NC(=O)CN(c2cccc([N+](=O)[O-])c2)S(=O)(=O)c2ccccc2)cc1)NCc1ccccc1. The van der Waals surface area contributed by atoms with Gasteiger partial charge in [-0.2, -0.15) is 5.10 Å². The van der Waals surface area contributed by atoms with Gasteiger partial charge in [-0.1, -0.05) is 54.6 Å². The van der Waals surface area contributed by atoms with E-state index in [9.17, 15) is 28.1 Å². The van der Waals surface area contributed by atoms with E-state index in [1.54, 1.807) is 30.3 Å². The number of hydrogen-bond donors (Lipinski definition) is 2. The van der Waals surface area contributed by atoms with Gasteiger partial charge < -0.3 is 10.1 Å². The highest BCUT2D eigenvalue weighted by atomic mass is 32.2. The maximum atomic E-state index is 13.4. The Bertz CT molecular complexity index is 1700. The molecule has 0 fully saturated rings. The van der Waals surface area contributed by atoms with Crippen molar-refractivity contribution in [2.45, 2.75) is 11.4 Å². The number of benzene rings is 4. The summed E-state index contributed by atoms with van der Waals surface area (Å²) < 4.78 is 33.0. The second kappa shape index (κ2) is 14.4. The number of nitrogens with zero attached hydrogens (tertiary/aromatic N) is 3. The molecule has 4 rings (SSSR count). The molecule has 4 aromatic carbocycles. The van der Waals surface area contributed by atoms with Crippen LogP contribution < -0.4 is 19.8 Å². The fraction of sp³-hybridized carbons (Fsp3) is 0.100. The molecule has 220 valence electrons. The Morgan fingerprint density at radius 3 is 2.23 bits per heavy atom. The third-order valence-electron chi connectivity index (χ3n) is 5.93. The zero-order chi connectivity index (χ0) is 30.7. The number of ether oxygens (including phenoxy) is 1. The minimum absolute atomic E-state index is 0.0541. The molecule has 0 aliphatic heterocycles. The summed E-state index contributed by atoms with van der Waals surface area (Å²) in [5, 5.41) is 17.9. The number of nitro groups is 1. The van der Waals surface area contributed by atoms with Crippen molar-refractivity contribution in [2.24, 2.45) is 5.10 Å². The molecule has 0 aromatic heterocycles. The number of rotatable bonds is 13. The van der Waals surface area contributed by atoms with Crippen LogP contribution in [0.4, 0.5) is 11.4 Å². The van der Waals surface area contributed by atoms with E-state index in [1.165, 1.54) is 48.7 Å². The second-order valence-electron chi connectivity index (χ2n) is 9.01. The lowest BCUT2D eigenvalue weighted by atomic mass is 10.2. The molecule has 12 nitrogen and oxygen atoms in total. The predicted molar refractivity (Wildman–Crippen MR) is 160 cm³/mol. The molecule has 0 atom stereocenters. The fourth-order valence-corrected chi connectivity index (χ4v) is 5.22. The van der Waals surface area contributed by atoms with Crippen LogP contribution in [0, 0.1) is 10.1 Å². The summed E-state index contributed by atoms with van der Waals surface area (Å²) in [4.78, 5) is 35.3. The number of hydrogen-bond acceptors (Lipinski definition) is 8. The Hall–Kier alpha value is -5.56. The first-order valence-electron chi connectivity index (χ1n) is 12.9. The maximum Gasteiger partial charge on any atom is 0.271 e. The van der Waals surface area contributed by atoms with Gasteiger partial charge in [0.1, 0.15) is 12.3 Å². The molecule has 2 N–H and O–H groups in total. The van der Waals surface area contributed by atoms with E-state index in [1.807, 2.05) is 30.3 Å². The average Bonchev–Trinajstić information content (AvgIpc) is 3.03. The van der Waals surface area contributed by atoms with Crippen molar-refractivity contribution in [3.8, 4) is 5.75 Å². The van der Waals surface area contributed by atoms with E-state index >= 15 is 0 Å². The lowest BCUT2D eigenvalue weighted by Crippen LogP contribution is -2.39. The van der Waals surface area contributed by atoms with Crippen molar-refractivity contribution < 1.29 is 27.7 Å². The molecule has 13 heteroatoms. The minimum atomic E-state index is -4.25. The molecule has 0 aliphatic rings. The highest BCUT2D eigenvalue weighted by molar-refractivity contribution is 7.92. The second-order valence-corrected chi connectivity index (χ2v) is 10.9. The van der Waals surface area contributed by atoms with Gasteiger partial charge in [-0.25, -0.2) is 13.8 Å². The Morgan fingerprint density at radius 1 is 0.884 bits per heavy atom. The molecule has 0 saturated carbocycles. The van der Waals surface area contributed by atoms with Gasteiger partial charge in [0.2, 0.25) is 0 Å². The van der Waals surface area contributed by atoms with Crippen LogP contribution in [0.15, 0.2) is 119 Å². The summed E-state index contributed by atoms with van der Waals surface area (Å²) >= 11 is 0. The Morgan fingerprint density at radius 2 is 1.56 bits per heavy atom. The summed E-state index contributed by atoms with van der Waals surface area (Å²) in [5.41, 5.74) is 3.46. The van der Waals surface area contributed by atoms with Crippen LogP contribution >= 0.6 is 0 Å². The van der Waals surface area contributed by atoms with E-state index in [-0.39, 0.29) is 28.8 Å². The van der Waals surface area contributed by atoms with Gasteiger partial charge >= 0.3 is 0 Å². The highest BCUT2D eigenvalue weighted by Gasteiger charge is 2.28. The predicted octanol–water partition coefficient (Wildman–Crippen LogP) is 3.64. The quantitative estimate of drug-likeness (QED) is 0.134. The van der Waals surface area contributed by atoms with Crippen LogP contribution in [0.5, 0.6) is 5.75 Å². The normalized spacial score (nSPS) is 11.1. The summed E-state index contributed by atoms with van der Waals surface area (Å²) in [5.74, 6) is -0.593. The molecule has 2 amide bonds. The van der Waals surface area contributed by atoms with Gasteiger partial charge in [-0.05, 0) is 53.6 Å². The Kier molecular flexibility index (Phi) is 10.2.